The number of anilines is 2. The molecular weight excluding hydrogens is 366 g/mol. The molecular formula is C17H25N7O2S. The number of hydrogen-bond donors (Lipinski definition) is 1. The molecule has 0 saturated carbocycles. The van der Waals surface area contributed by atoms with Crippen LogP contribution in [0.1, 0.15) is 32.6 Å². The quantitative estimate of drug-likeness (QED) is 0.811. The number of thioether (sulfide) groups is 1. The van der Waals surface area contributed by atoms with Crippen LogP contribution in [0.15, 0.2) is 4.63 Å². The van der Waals surface area contributed by atoms with Gasteiger partial charge in [-0.15, -0.1) is 0 Å². The Labute approximate surface area is 162 Å². The summed E-state index contributed by atoms with van der Waals surface area (Å²) in [7, 11) is 0. The molecule has 10 heteroatoms. The van der Waals surface area contributed by atoms with E-state index in [2.05, 4.69) is 25.4 Å². The highest BCUT2D eigenvalue weighted by Gasteiger charge is 2.29. The average Bonchev–Trinajstić information content (AvgIpc) is 3.15. The van der Waals surface area contributed by atoms with Crippen molar-refractivity contribution in [2.45, 2.75) is 38.6 Å². The fraction of sp³-hybridized carbons (Fsp3) is 0.706. The summed E-state index contributed by atoms with van der Waals surface area (Å²) in [6.45, 7) is 5.07. The predicted octanol–water partition coefficient (Wildman–Crippen LogP) is 1.45. The van der Waals surface area contributed by atoms with E-state index in [4.69, 9.17) is 14.6 Å². The summed E-state index contributed by atoms with van der Waals surface area (Å²) >= 11 is 1.96. The van der Waals surface area contributed by atoms with Gasteiger partial charge < -0.3 is 15.1 Å². The van der Waals surface area contributed by atoms with Crippen molar-refractivity contribution in [1.29, 1.82) is 0 Å². The average molecular weight is 392 g/mol. The minimum absolute atomic E-state index is 0.0127. The van der Waals surface area contributed by atoms with E-state index in [9.17, 15) is 4.79 Å². The Kier molecular flexibility index (Phi) is 5.61. The molecule has 0 spiro atoms. The molecule has 146 valence electrons. The van der Waals surface area contributed by atoms with Crippen molar-refractivity contribution in [2.75, 3.05) is 47.5 Å². The SMILES string of the molecule is CC(=O)NCC[C@@H]1CCCCN1c1nc2nonc2nc1N1CCSCC1. The zero-order chi connectivity index (χ0) is 18.6. The third kappa shape index (κ3) is 4.10. The Balaban J connectivity index is 1.65. The molecule has 2 aromatic rings. The van der Waals surface area contributed by atoms with Crippen LogP contribution in [0.3, 0.4) is 0 Å². The lowest BCUT2D eigenvalue weighted by Gasteiger charge is -2.39. The zero-order valence-electron chi connectivity index (χ0n) is 15.6. The summed E-state index contributed by atoms with van der Waals surface area (Å²) in [5.41, 5.74) is 0.908. The molecule has 4 rings (SSSR count). The number of nitrogens with one attached hydrogen (secondary N) is 1. The van der Waals surface area contributed by atoms with Crippen LogP contribution >= 0.6 is 11.8 Å². The van der Waals surface area contributed by atoms with Gasteiger partial charge in [-0.1, -0.05) is 0 Å². The number of fused-ring (bicyclic) bond motifs is 1. The topological polar surface area (TPSA) is 100 Å². The lowest BCUT2D eigenvalue weighted by molar-refractivity contribution is -0.118. The van der Waals surface area contributed by atoms with Gasteiger partial charge in [-0.05, 0) is 36.0 Å². The molecule has 0 radical (unpaired) electrons. The molecule has 2 aliphatic rings. The lowest BCUT2D eigenvalue weighted by Crippen LogP contribution is -2.44. The molecule has 2 aliphatic heterocycles. The zero-order valence-corrected chi connectivity index (χ0v) is 16.4. The number of hydrogen-bond acceptors (Lipinski definition) is 9. The van der Waals surface area contributed by atoms with Gasteiger partial charge in [-0.2, -0.15) is 11.8 Å². The Bertz CT molecular complexity index is 793. The largest absolute Gasteiger partial charge is 0.356 e. The first-order valence-corrected chi connectivity index (χ1v) is 10.7. The number of amides is 1. The van der Waals surface area contributed by atoms with Crippen LogP contribution in [-0.4, -0.2) is 69.9 Å². The highest BCUT2D eigenvalue weighted by Crippen LogP contribution is 2.33. The van der Waals surface area contributed by atoms with Crippen LogP contribution in [0.4, 0.5) is 11.6 Å². The van der Waals surface area contributed by atoms with E-state index in [1.165, 1.54) is 6.42 Å². The second kappa shape index (κ2) is 8.28. The Morgan fingerprint density at radius 2 is 1.89 bits per heavy atom. The molecule has 2 fully saturated rings. The third-order valence-corrected chi connectivity index (χ3v) is 6.08. The summed E-state index contributed by atoms with van der Waals surface area (Å²) in [6.07, 6.45) is 4.30. The van der Waals surface area contributed by atoms with Crippen LogP contribution < -0.4 is 15.1 Å². The van der Waals surface area contributed by atoms with E-state index in [0.717, 1.165) is 62.0 Å². The monoisotopic (exact) mass is 391 g/mol. The highest BCUT2D eigenvalue weighted by molar-refractivity contribution is 7.99. The molecule has 0 bridgehead atoms. The van der Waals surface area contributed by atoms with Crippen molar-refractivity contribution < 1.29 is 9.42 Å². The maximum Gasteiger partial charge on any atom is 0.245 e. The molecule has 1 amide bonds. The highest BCUT2D eigenvalue weighted by atomic mass is 32.2. The molecule has 9 nitrogen and oxygen atoms in total. The van der Waals surface area contributed by atoms with Crippen molar-refractivity contribution in [1.82, 2.24) is 25.6 Å². The Hall–Kier alpha value is -2.10. The van der Waals surface area contributed by atoms with Crippen LogP contribution in [-0.2, 0) is 4.79 Å². The molecule has 2 aromatic heterocycles. The van der Waals surface area contributed by atoms with Crippen molar-refractivity contribution in [3.05, 3.63) is 0 Å². The fourth-order valence-corrected chi connectivity index (χ4v) is 4.70. The summed E-state index contributed by atoms with van der Waals surface area (Å²) in [6, 6.07) is 0.329. The van der Waals surface area contributed by atoms with Gasteiger partial charge in [0.05, 0.1) is 0 Å². The number of nitrogens with zero attached hydrogens (tertiary/aromatic N) is 6. The smallest absolute Gasteiger partial charge is 0.245 e. The molecule has 0 unspecified atom stereocenters. The summed E-state index contributed by atoms with van der Waals surface area (Å²) in [5, 5.41) is 10.7. The van der Waals surface area contributed by atoms with Crippen molar-refractivity contribution in [3.8, 4) is 0 Å². The normalized spacial score (nSPS) is 20.9. The minimum atomic E-state index is 0.0127. The second-order valence-corrected chi connectivity index (χ2v) is 8.22. The molecule has 27 heavy (non-hydrogen) atoms. The van der Waals surface area contributed by atoms with E-state index < -0.39 is 0 Å². The van der Waals surface area contributed by atoms with Gasteiger partial charge in [0, 0.05) is 50.7 Å². The number of carbonyl (C=O) groups excluding carboxylic acids is 1. The maximum absolute atomic E-state index is 11.2. The lowest BCUT2D eigenvalue weighted by atomic mass is 9.99. The Morgan fingerprint density at radius 1 is 1.15 bits per heavy atom. The van der Waals surface area contributed by atoms with E-state index in [0.29, 0.717) is 23.9 Å². The first-order chi connectivity index (χ1) is 13.2. The van der Waals surface area contributed by atoms with Gasteiger partial charge in [-0.3, -0.25) is 4.79 Å². The van der Waals surface area contributed by atoms with E-state index >= 15 is 0 Å². The second-order valence-electron chi connectivity index (χ2n) is 7.00. The molecule has 4 heterocycles. The number of rotatable bonds is 5. The first-order valence-electron chi connectivity index (χ1n) is 9.56. The van der Waals surface area contributed by atoms with Crippen LogP contribution in [0.25, 0.3) is 11.3 Å². The minimum Gasteiger partial charge on any atom is -0.356 e. The van der Waals surface area contributed by atoms with Gasteiger partial charge in [0.15, 0.2) is 11.6 Å². The molecule has 1 N–H and O–H groups in total. The molecule has 0 aromatic carbocycles. The molecule has 2 saturated heterocycles. The number of aromatic nitrogens is 4. The van der Waals surface area contributed by atoms with E-state index in [1.54, 1.807) is 6.92 Å². The predicted molar refractivity (Wildman–Crippen MR) is 105 cm³/mol. The molecule has 1 atom stereocenters. The maximum atomic E-state index is 11.2. The summed E-state index contributed by atoms with van der Waals surface area (Å²) in [5.74, 6) is 3.94. The van der Waals surface area contributed by atoms with Gasteiger partial charge in [0.2, 0.25) is 17.2 Å². The van der Waals surface area contributed by atoms with Crippen molar-refractivity contribution in [2.24, 2.45) is 0 Å². The van der Waals surface area contributed by atoms with Crippen LogP contribution in [0, 0.1) is 0 Å². The number of piperidine rings is 1. The summed E-state index contributed by atoms with van der Waals surface area (Å²) in [4.78, 5) is 25.4. The van der Waals surface area contributed by atoms with Gasteiger partial charge in [0.25, 0.3) is 0 Å². The fourth-order valence-electron chi connectivity index (χ4n) is 3.80. The third-order valence-electron chi connectivity index (χ3n) is 5.14. The van der Waals surface area contributed by atoms with Crippen LogP contribution in [0.5, 0.6) is 0 Å². The first kappa shape index (κ1) is 18.3. The van der Waals surface area contributed by atoms with Crippen molar-refractivity contribution >= 4 is 40.6 Å². The summed E-state index contributed by atoms with van der Waals surface area (Å²) < 4.78 is 4.85. The van der Waals surface area contributed by atoms with Crippen molar-refractivity contribution in [3.63, 3.8) is 0 Å². The van der Waals surface area contributed by atoms with Gasteiger partial charge in [0.1, 0.15) is 0 Å². The van der Waals surface area contributed by atoms with E-state index in [1.807, 2.05) is 11.8 Å². The van der Waals surface area contributed by atoms with Crippen LogP contribution in [0.2, 0.25) is 0 Å². The van der Waals surface area contributed by atoms with Gasteiger partial charge in [-0.25, -0.2) is 14.6 Å². The Morgan fingerprint density at radius 3 is 2.63 bits per heavy atom. The standard InChI is InChI=1S/C17H25N7O2S/c1-12(25)18-6-5-13-4-2-3-7-24(13)17-16(23-8-10-27-11-9-23)19-14-15(20-17)22-26-21-14/h13H,2-11H2,1H3,(H,18,25)/t13-/m0/s1. The molecule has 0 aliphatic carbocycles. The van der Waals surface area contributed by atoms with Gasteiger partial charge >= 0.3 is 0 Å². The number of carbonyl (C=O) groups is 1. The van der Waals surface area contributed by atoms with E-state index in [-0.39, 0.29) is 5.91 Å².